The Bertz CT molecular complexity index is 371. The van der Waals surface area contributed by atoms with Gasteiger partial charge in [0, 0.05) is 5.69 Å². The first-order valence-electron chi connectivity index (χ1n) is 4.86. The van der Waals surface area contributed by atoms with Gasteiger partial charge in [-0.3, -0.25) is 0 Å². The molecule has 0 atom stereocenters. The molecule has 2 N–H and O–H groups in total. The van der Waals surface area contributed by atoms with Crippen LogP contribution < -0.4 is 5.73 Å². The monoisotopic (exact) mass is 259 g/mol. The molecule has 0 amide bonds. The zero-order chi connectivity index (χ0) is 12.0. The van der Waals surface area contributed by atoms with Gasteiger partial charge in [0.25, 0.3) is 0 Å². The lowest BCUT2D eigenvalue weighted by Crippen LogP contribution is -2.08. The minimum Gasteiger partial charge on any atom is -0.462 e. The van der Waals surface area contributed by atoms with Crippen molar-refractivity contribution in [1.82, 2.24) is 0 Å². The highest BCUT2D eigenvalue weighted by atomic mass is 35.5. The van der Waals surface area contributed by atoms with Crippen molar-refractivity contribution in [3.63, 3.8) is 0 Å². The van der Waals surface area contributed by atoms with Gasteiger partial charge in [-0.25, -0.2) is 4.79 Å². The van der Waals surface area contributed by atoms with Gasteiger partial charge >= 0.3 is 5.97 Å². The number of rotatable bonds is 5. The lowest BCUT2D eigenvalue weighted by molar-refractivity contribution is 0.0506. The summed E-state index contributed by atoms with van der Waals surface area (Å²) in [4.78, 5) is 11.6. The van der Waals surface area contributed by atoms with Crippen LogP contribution in [0.15, 0.2) is 18.2 Å². The van der Waals surface area contributed by atoms with Gasteiger partial charge in [0.15, 0.2) is 0 Å². The summed E-state index contributed by atoms with van der Waals surface area (Å²) in [7, 11) is 0. The Morgan fingerprint density at radius 1 is 1.56 bits per heavy atom. The first kappa shape index (κ1) is 13.2. The number of carbonyl (C=O) groups is 1. The Morgan fingerprint density at radius 3 is 3.00 bits per heavy atom. The molecule has 0 aliphatic carbocycles. The normalized spacial score (nSPS) is 10.1. The average molecular weight is 260 g/mol. The Labute approximate surface area is 104 Å². The summed E-state index contributed by atoms with van der Waals surface area (Å²) in [6, 6.07) is 4.77. The highest BCUT2D eigenvalue weighted by Gasteiger charge is 2.11. The van der Waals surface area contributed by atoms with Crippen molar-refractivity contribution in [2.45, 2.75) is 6.42 Å². The van der Waals surface area contributed by atoms with E-state index in [1.165, 1.54) is 6.07 Å². The van der Waals surface area contributed by atoms with Crippen LogP contribution in [0.3, 0.4) is 0 Å². The van der Waals surface area contributed by atoms with Crippen LogP contribution >= 0.6 is 23.4 Å². The van der Waals surface area contributed by atoms with Gasteiger partial charge in [-0.15, -0.1) is 0 Å². The molecular weight excluding hydrogens is 246 g/mol. The van der Waals surface area contributed by atoms with E-state index in [2.05, 4.69) is 0 Å². The zero-order valence-electron chi connectivity index (χ0n) is 9.03. The Balaban J connectivity index is 2.55. The van der Waals surface area contributed by atoms with Crippen molar-refractivity contribution in [1.29, 1.82) is 0 Å². The van der Waals surface area contributed by atoms with Crippen LogP contribution in [0.2, 0.25) is 5.02 Å². The van der Waals surface area contributed by atoms with Crippen LogP contribution in [0.5, 0.6) is 0 Å². The topological polar surface area (TPSA) is 52.3 Å². The van der Waals surface area contributed by atoms with E-state index < -0.39 is 5.97 Å². The molecule has 88 valence electrons. The molecule has 5 heteroatoms. The summed E-state index contributed by atoms with van der Waals surface area (Å²) < 4.78 is 5.07. The first-order valence-corrected chi connectivity index (χ1v) is 6.63. The predicted octanol–water partition coefficient (Wildman–Crippen LogP) is 2.83. The third kappa shape index (κ3) is 3.94. The third-order valence-corrected chi connectivity index (χ3v) is 2.96. The maximum absolute atomic E-state index is 11.6. The van der Waals surface area contributed by atoms with Crippen LogP contribution in [-0.2, 0) is 4.74 Å². The molecule has 0 saturated carbocycles. The van der Waals surface area contributed by atoms with Crippen LogP contribution in [0.25, 0.3) is 0 Å². The number of benzene rings is 1. The predicted molar refractivity (Wildman–Crippen MR) is 69.1 cm³/mol. The van der Waals surface area contributed by atoms with Crippen LogP contribution in [-0.4, -0.2) is 24.6 Å². The van der Waals surface area contributed by atoms with Gasteiger partial charge in [0.1, 0.15) is 0 Å². The average Bonchev–Trinajstić information content (AvgIpc) is 2.27. The number of nitrogens with two attached hydrogens (primary N) is 1. The molecule has 0 aliphatic rings. The fraction of sp³-hybridized carbons (Fsp3) is 0.364. The van der Waals surface area contributed by atoms with E-state index in [-0.39, 0.29) is 0 Å². The number of halogens is 1. The zero-order valence-corrected chi connectivity index (χ0v) is 10.6. The lowest BCUT2D eigenvalue weighted by atomic mass is 10.2. The van der Waals surface area contributed by atoms with Gasteiger partial charge < -0.3 is 10.5 Å². The molecule has 0 bridgehead atoms. The van der Waals surface area contributed by atoms with Crippen molar-refractivity contribution < 1.29 is 9.53 Å². The van der Waals surface area contributed by atoms with Crippen LogP contribution in [0.4, 0.5) is 5.69 Å². The van der Waals surface area contributed by atoms with Gasteiger partial charge in [-0.1, -0.05) is 11.6 Å². The Morgan fingerprint density at radius 2 is 2.31 bits per heavy atom. The number of esters is 1. The van der Waals surface area contributed by atoms with Gasteiger partial charge in [-0.05, 0) is 36.6 Å². The molecule has 1 aromatic carbocycles. The summed E-state index contributed by atoms with van der Waals surface area (Å²) in [5, 5.41) is 0.365. The molecule has 0 radical (unpaired) electrons. The fourth-order valence-electron chi connectivity index (χ4n) is 1.15. The molecule has 3 nitrogen and oxygen atoms in total. The summed E-state index contributed by atoms with van der Waals surface area (Å²) in [5.41, 5.74) is 6.40. The smallest absolute Gasteiger partial charge is 0.339 e. The fourth-order valence-corrected chi connectivity index (χ4v) is 1.75. The largest absolute Gasteiger partial charge is 0.462 e. The second kappa shape index (κ2) is 6.66. The minimum absolute atomic E-state index is 0.325. The second-order valence-electron chi connectivity index (χ2n) is 3.22. The van der Waals surface area contributed by atoms with Crippen molar-refractivity contribution >= 4 is 35.0 Å². The van der Waals surface area contributed by atoms with E-state index >= 15 is 0 Å². The Kier molecular flexibility index (Phi) is 5.49. The number of carbonyl (C=O) groups excluding carboxylic acids is 1. The van der Waals surface area contributed by atoms with E-state index in [9.17, 15) is 4.79 Å². The molecule has 1 rings (SSSR count). The van der Waals surface area contributed by atoms with Crippen LogP contribution in [0, 0.1) is 0 Å². The molecule has 0 spiro atoms. The first-order chi connectivity index (χ1) is 7.65. The maximum atomic E-state index is 11.6. The Hall–Kier alpha value is -0.870. The van der Waals surface area contributed by atoms with E-state index in [0.29, 0.717) is 22.9 Å². The molecule has 0 unspecified atom stereocenters. The molecule has 1 aromatic rings. The quantitative estimate of drug-likeness (QED) is 0.502. The number of ether oxygens (including phenoxy) is 1. The number of anilines is 1. The summed E-state index contributed by atoms with van der Waals surface area (Å²) in [5.74, 6) is 0.552. The maximum Gasteiger partial charge on any atom is 0.339 e. The van der Waals surface area contributed by atoms with Crippen molar-refractivity contribution in [2.75, 3.05) is 24.3 Å². The second-order valence-corrected chi connectivity index (χ2v) is 4.61. The van der Waals surface area contributed by atoms with Crippen LogP contribution in [0.1, 0.15) is 16.8 Å². The highest BCUT2D eigenvalue weighted by Crippen LogP contribution is 2.19. The van der Waals surface area contributed by atoms with Gasteiger partial charge in [0.2, 0.25) is 0 Å². The highest BCUT2D eigenvalue weighted by molar-refractivity contribution is 7.98. The van der Waals surface area contributed by atoms with E-state index in [0.717, 1.165) is 12.2 Å². The molecule has 0 saturated heterocycles. The van der Waals surface area contributed by atoms with E-state index in [1.807, 2.05) is 6.26 Å². The summed E-state index contributed by atoms with van der Waals surface area (Å²) in [6.07, 6.45) is 2.85. The van der Waals surface area contributed by atoms with Crippen molar-refractivity contribution in [2.24, 2.45) is 0 Å². The van der Waals surface area contributed by atoms with E-state index in [4.69, 9.17) is 22.1 Å². The lowest BCUT2D eigenvalue weighted by Gasteiger charge is -2.06. The number of hydrogen-bond donors (Lipinski definition) is 1. The standard InChI is InChI=1S/C11H14ClNO2S/c1-16-6-2-5-15-11(14)9-7-8(13)3-4-10(9)12/h3-4,7H,2,5-6,13H2,1H3. The summed E-state index contributed by atoms with van der Waals surface area (Å²) in [6.45, 7) is 0.408. The molecule has 0 heterocycles. The summed E-state index contributed by atoms with van der Waals surface area (Å²) >= 11 is 7.59. The molecular formula is C11H14ClNO2S. The number of hydrogen-bond acceptors (Lipinski definition) is 4. The third-order valence-electron chi connectivity index (χ3n) is 1.94. The van der Waals surface area contributed by atoms with E-state index in [1.54, 1.807) is 23.9 Å². The van der Waals surface area contributed by atoms with Gasteiger partial charge in [-0.2, -0.15) is 11.8 Å². The number of thioether (sulfide) groups is 1. The number of nitrogen functional groups attached to an aromatic ring is 1. The minimum atomic E-state index is -0.418. The molecule has 0 aliphatic heterocycles. The molecule has 0 fully saturated rings. The van der Waals surface area contributed by atoms with Crippen molar-refractivity contribution in [3.05, 3.63) is 28.8 Å². The van der Waals surface area contributed by atoms with Crippen molar-refractivity contribution in [3.8, 4) is 0 Å². The SMILES string of the molecule is CSCCCOC(=O)c1cc(N)ccc1Cl. The van der Waals surface area contributed by atoms with Gasteiger partial charge in [0.05, 0.1) is 17.2 Å². The molecule has 16 heavy (non-hydrogen) atoms. The molecule has 0 aromatic heterocycles.